The minimum Gasteiger partial charge on any atom is -0.484 e. The van der Waals surface area contributed by atoms with E-state index in [4.69, 9.17) is 4.74 Å². The van der Waals surface area contributed by atoms with Crippen molar-refractivity contribution < 1.29 is 14.6 Å². The van der Waals surface area contributed by atoms with Gasteiger partial charge in [0.15, 0.2) is 0 Å². The second-order valence-electron chi connectivity index (χ2n) is 3.47. The quantitative estimate of drug-likeness (QED) is 0.582. The van der Waals surface area contributed by atoms with E-state index in [1.807, 2.05) is 6.92 Å². The molecular weight excluding hydrogens is 228 g/mol. The molecule has 0 saturated carbocycles. The molecule has 0 amide bonds. The molecule has 0 N–H and O–H groups in total. The van der Waals surface area contributed by atoms with Crippen molar-refractivity contribution >= 4 is 11.4 Å². The van der Waals surface area contributed by atoms with Gasteiger partial charge in [0.05, 0.1) is 16.0 Å². The van der Waals surface area contributed by atoms with E-state index in [9.17, 15) is 20.2 Å². The van der Waals surface area contributed by atoms with Gasteiger partial charge >= 0.3 is 11.4 Å². The highest BCUT2D eigenvalue weighted by atomic mass is 16.6. The summed E-state index contributed by atoms with van der Waals surface area (Å²) >= 11 is 0. The largest absolute Gasteiger partial charge is 0.484 e. The van der Waals surface area contributed by atoms with E-state index in [0.717, 1.165) is 6.07 Å². The molecule has 17 heavy (non-hydrogen) atoms. The van der Waals surface area contributed by atoms with Gasteiger partial charge in [0.1, 0.15) is 0 Å². The van der Waals surface area contributed by atoms with Crippen LogP contribution in [0.4, 0.5) is 11.4 Å². The van der Waals surface area contributed by atoms with Crippen LogP contribution >= 0.6 is 0 Å². The Balaban J connectivity index is 3.25. The second kappa shape index (κ2) is 5.24. The molecule has 1 unspecified atom stereocenters. The zero-order valence-corrected chi connectivity index (χ0v) is 9.45. The first kappa shape index (κ1) is 12.9. The number of hydrogen-bond donors (Lipinski definition) is 0. The third-order valence-corrected chi connectivity index (χ3v) is 2.26. The van der Waals surface area contributed by atoms with E-state index in [0.29, 0.717) is 6.42 Å². The average Bonchev–Trinajstić information content (AvgIpc) is 2.28. The lowest BCUT2D eigenvalue weighted by atomic mass is 10.2. The second-order valence-corrected chi connectivity index (χ2v) is 3.47. The van der Waals surface area contributed by atoms with Crippen LogP contribution in [-0.4, -0.2) is 16.0 Å². The molecule has 0 radical (unpaired) electrons. The molecule has 0 heterocycles. The van der Waals surface area contributed by atoms with Gasteiger partial charge in [-0.3, -0.25) is 20.2 Å². The smallest absolute Gasteiger partial charge is 0.387 e. The Morgan fingerprint density at radius 2 is 1.94 bits per heavy atom. The summed E-state index contributed by atoms with van der Waals surface area (Å²) in [6, 6.07) is 3.81. The number of nitro benzene ring substituents is 2. The standard InChI is InChI=1S/C10H12N2O5/c1-3-7(2)17-9-6-4-5-8(11(13)14)10(9)12(15)16/h4-7H,3H2,1-2H3. The maximum absolute atomic E-state index is 10.8. The molecular formula is C10H12N2O5. The molecule has 0 bridgehead atoms. The molecule has 0 saturated heterocycles. The molecule has 7 nitrogen and oxygen atoms in total. The van der Waals surface area contributed by atoms with Gasteiger partial charge in [0, 0.05) is 6.07 Å². The van der Waals surface area contributed by atoms with Gasteiger partial charge in [0.25, 0.3) is 0 Å². The fourth-order valence-electron chi connectivity index (χ4n) is 1.24. The Hall–Kier alpha value is -2.18. The van der Waals surface area contributed by atoms with Gasteiger partial charge in [-0.05, 0) is 19.4 Å². The maximum Gasteiger partial charge on any atom is 0.387 e. The van der Waals surface area contributed by atoms with Crippen LogP contribution in [0.25, 0.3) is 0 Å². The third kappa shape index (κ3) is 2.90. The summed E-state index contributed by atoms with van der Waals surface area (Å²) in [4.78, 5) is 19.9. The van der Waals surface area contributed by atoms with Crippen molar-refractivity contribution in [1.29, 1.82) is 0 Å². The zero-order valence-electron chi connectivity index (χ0n) is 9.45. The summed E-state index contributed by atoms with van der Waals surface area (Å²) in [5.74, 6) is -0.0708. The molecule has 92 valence electrons. The fraction of sp³-hybridized carbons (Fsp3) is 0.400. The van der Waals surface area contributed by atoms with Gasteiger partial charge in [0.2, 0.25) is 5.75 Å². The lowest BCUT2D eigenvalue weighted by molar-refractivity contribution is -0.423. The molecule has 0 aliphatic carbocycles. The number of hydrogen-bond acceptors (Lipinski definition) is 5. The molecule has 0 fully saturated rings. The highest BCUT2D eigenvalue weighted by Gasteiger charge is 2.29. The van der Waals surface area contributed by atoms with E-state index < -0.39 is 21.2 Å². The van der Waals surface area contributed by atoms with E-state index in [1.54, 1.807) is 6.92 Å². The van der Waals surface area contributed by atoms with E-state index in [2.05, 4.69) is 0 Å². The fourth-order valence-corrected chi connectivity index (χ4v) is 1.24. The van der Waals surface area contributed by atoms with Crippen LogP contribution < -0.4 is 4.74 Å². The minimum atomic E-state index is -0.796. The maximum atomic E-state index is 10.8. The summed E-state index contributed by atoms with van der Waals surface area (Å²) < 4.78 is 5.30. The highest BCUT2D eigenvalue weighted by molar-refractivity contribution is 5.61. The monoisotopic (exact) mass is 240 g/mol. The lowest BCUT2D eigenvalue weighted by Crippen LogP contribution is -2.11. The molecule has 0 spiro atoms. The van der Waals surface area contributed by atoms with Gasteiger partial charge < -0.3 is 4.74 Å². The van der Waals surface area contributed by atoms with Crippen LogP contribution in [0.1, 0.15) is 20.3 Å². The van der Waals surface area contributed by atoms with Crippen LogP contribution in [0.5, 0.6) is 5.75 Å². The van der Waals surface area contributed by atoms with Crippen LogP contribution in [-0.2, 0) is 0 Å². The normalized spacial score (nSPS) is 11.9. The van der Waals surface area contributed by atoms with E-state index in [1.165, 1.54) is 12.1 Å². The Labute approximate surface area is 97.3 Å². The van der Waals surface area contributed by atoms with Crippen molar-refractivity contribution in [2.24, 2.45) is 0 Å². The topological polar surface area (TPSA) is 95.5 Å². The molecule has 1 atom stereocenters. The van der Waals surface area contributed by atoms with Gasteiger partial charge in [-0.25, -0.2) is 0 Å². The Kier molecular flexibility index (Phi) is 3.97. The van der Waals surface area contributed by atoms with E-state index in [-0.39, 0.29) is 11.9 Å². The zero-order chi connectivity index (χ0) is 13.0. The molecule has 1 aromatic rings. The summed E-state index contributed by atoms with van der Waals surface area (Å²) in [6.45, 7) is 3.59. The van der Waals surface area contributed by atoms with Crippen LogP contribution in [0, 0.1) is 20.2 Å². The van der Waals surface area contributed by atoms with Gasteiger partial charge in [-0.2, -0.15) is 0 Å². The molecule has 0 aromatic heterocycles. The first-order valence-electron chi connectivity index (χ1n) is 5.05. The highest BCUT2D eigenvalue weighted by Crippen LogP contribution is 2.36. The van der Waals surface area contributed by atoms with Crippen LogP contribution in [0.15, 0.2) is 18.2 Å². The van der Waals surface area contributed by atoms with Crippen molar-refractivity contribution in [3.05, 3.63) is 38.4 Å². The predicted molar refractivity (Wildman–Crippen MR) is 60.1 cm³/mol. The number of ether oxygens (including phenoxy) is 1. The summed E-state index contributed by atoms with van der Waals surface area (Å²) in [5.41, 5.74) is -1.16. The molecule has 7 heteroatoms. The van der Waals surface area contributed by atoms with E-state index >= 15 is 0 Å². The van der Waals surface area contributed by atoms with Gasteiger partial charge in [-0.15, -0.1) is 0 Å². The Morgan fingerprint density at radius 1 is 1.29 bits per heavy atom. The summed E-state index contributed by atoms with van der Waals surface area (Å²) in [6.07, 6.45) is 0.413. The van der Waals surface area contributed by atoms with Crippen molar-refractivity contribution in [2.75, 3.05) is 0 Å². The number of benzene rings is 1. The number of nitrogens with zero attached hydrogens (tertiary/aromatic N) is 2. The van der Waals surface area contributed by atoms with Crippen molar-refractivity contribution in [3.63, 3.8) is 0 Å². The van der Waals surface area contributed by atoms with Crippen molar-refractivity contribution in [3.8, 4) is 5.75 Å². The average molecular weight is 240 g/mol. The van der Waals surface area contributed by atoms with Crippen LogP contribution in [0.2, 0.25) is 0 Å². The van der Waals surface area contributed by atoms with Crippen molar-refractivity contribution in [1.82, 2.24) is 0 Å². The number of rotatable bonds is 5. The molecule has 0 aliphatic heterocycles. The molecule has 1 rings (SSSR count). The summed E-state index contributed by atoms with van der Waals surface area (Å²) in [5, 5.41) is 21.5. The Bertz CT molecular complexity index is 446. The minimum absolute atomic E-state index is 0.0708. The predicted octanol–water partition coefficient (Wildman–Crippen LogP) is 2.68. The number of nitro groups is 2. The molecule has 1 aromatic carbocycles. The summed E-state index contributed by atoms with van der Waals surface area (Å²) in [7, 11) is 0. The SMILES string of the molecule is CCC(C)Oc1cccc([N+](=O)[O-])c1[N+](=O)[O-]. The number of para-hydroxylation sites is 1. The lowest BCUT2D eigenvalue weighted by Gasteiger charge is -2.12. The first-order chi connectivity index (χ1) is 7.97. The third-order valence-electron chi connectivity index (χ3n) is 2.26. The van der Waals surface area contributed by atoms with Gasteiger partial charge in [-0.1, -0.05) is 13.0 Å². The van der Waals surface area contributed by atoms with Crippen LogP contribution in [0.3, 0.4) is 0 Å². The molecule has 0 aliphatic rings. The van der Waals surface area contributed by atoms with Crippen molar-refractivity contribution in [2.45, 2.75) is 26.4 Å². The Morgan fingerprint density at radius 3 is 2.41 bits per heavy atom. The first-order valence-corrected chi connectivity index (χ1v) is 5.05.